The second-order valence-electron chi connectivity index (χ2n) is 2.36. The molecule has 0 bridgehead atoms. The average molecular weight is 286 g/mol. The van der Waals surface area contributed by atoms with Gasteiger partial charge in [-0.15, -0.1) is 0 Å². The fraction of sp³-hybridized carbons (Fsp3) is 1.00. The van der Waals surface area contributed by atoms with E-state index < -0.39 is 33.9 Å². The molecule has 3 nitrogen and oxygen atoms in total. The van der Waals surface area contributed by atoms with Crippen LogP contribution in [0, 0.1) is 0 Å². The molecule has 0 aliphatic carbocycles. The van der Waals surface area contributed by atoms with Gasteiger partial charge >= 0.3 is 47.8 Å². The number of hydrogen-bond donors (Lipinski definition) is 0. The summed E-state index contributed by atoms with van der Waals surface area (Å²) in [5.41, 5.74) is -4.94. The monoisotopic (exact) mass is 286 g/mol. The Bertz CT molecular complexity index is 329. The van der Waals surface area contributed by atoms with Crippen LogP contribution in [0.15, 0.2) is 0 Å². The van der Waals surface area contributed by atoms with Crippen molar-refractivity contribution in [1.82, 2.24) is 0 Å². The second kappa shape index (κ2) is 5.38. The molecule has 0 heterocycles. The first kappa shape index (κ1) is 18.8. The Hall–Kier alpha value is 0.420. The minimum atomic E-state index is -6.46. The molecule has 0 N–H and O–H groups in total. The van der Waals surface area contributed by atoms with E-state index >= 15 is 0 Å². The standard InChI is InChI=1S/C4H3F7O3S.Na/c5-1(6)3(8,9)4(10,11)2(7)15(12,13)14;/h1-2H,(H,12,13,14);/q;+1/p-1. The molecule has 0 radical (unpaired) electrons. The van der Waals surface area contributed by atoms with Crippen LogP contribution in [-0.2, 0) is 10.1 Å². The Labute approximate surface area is 107 Å². The number of rotatable bonds is 4. The normalized spacial score (nSPS) is 15.8. The van der Waals surface area contributed by atoms with Crippen LogP contribution in [-0.4, -0.2) is 36.7 Å². The topological polar surface area (TPSA) is 57.2 Å². The average Bonchev–Trinajstić information content (AvgIpc) is 2.00. The first-order chi connectivity index (χ1) is 6.35. The molecule has 16 heavy (non-hydrogen) atoms. The van der Waals surface area contributed by atoms with Crippen molar-refractivity contribution in [2.24, 2.45) is 0 Å². The van der Waals surface area contributed by atoms with Crippen LogP contribution in [0.3, 0.4) is 0 Å². The van der Waals surface area contributed by atoms with Crippen molar-refractivity contribution in [3.63, 3.8) is 0 Å². The summed E-state index contributed by atoms with van der Waals surface area (Å²) in [6.07, 6.45) is -5.01. The fourth-order valence-electron chi connectivity index (χ4n) is 0.478. The Morgan fingerprint density at radius 2 is 1.25 bits per heavy atom. The molecule has 0 rings (SSSR count). The molecule has 92 valence electrons. The maximum atomic E-state index is 12.2. The van der Waals surface area contributed by atoms with E-state index in [1.807, 2.05) is 0 Å². The Kier molecular flexibility index (Phi) is 6.31. The van der Waals surface area contributed by atoms with Gasteiger partial charge in [-0.1, -0.05) is 0 Å². The number of alkyl halides is 7. The van der Waals surface area contributed by atoms with Crippen molar-refractivity contribution in [2.45, 2.75) is 23.8 Å². The van der Waals surface area contributed by atoms with E-state index in [4.69, 9.17) is 0 Å². The van der Waals surface area contributed by atoms with Gasteiger partial charge < -0.3 is 4.55 Å². The molecule has 0 aliphatic heterocycles. The molecule has 0 amide bonds. The summed E-state index contributed by atoms with van der Waals surface area (Å²) in [7, 11) is -6.46. The summed E-state index contributed by atoms with van der Waals surface area (Å²) in [4.78, 5) is 0. The molecule has 12 heteroatoms. The molecule has 0 aromatic rings. The van der Waals surface area contributed by atoms with Gasteiger partial charge in [-0.25, -0.2) is 21.6 Å². The molecule has 0 aliphatic rings. The van der Waals surface area contributed by atoms with Crippen LogP contribution < -0.4 is 29.6 Å². The van der Waals surface area contributed by atoms with Gasteiger partial charge in [0.2, 0.25) is 0 Å². The zero-order chi connectivity index (χ0) is 12.7. The third-order valence-electron chi connectivity index (χ3n) is 1.26. The van der Waals surface area contributed by atoms with E-state index in [1.54, 1.807) is 0 Å². The van der Waals surface area contributed by atoms with E-state index in [0.29, 0.717) is 0 Å². The van der Waals surface area contributed by atoms with Gasteiger partial charge in [0.15, 0.2) is 0 Å². The van der Waals surface area contributed by atoms with Crippen LogP contribution >= 0.6 is 0 Å². The zero-order valence-electron chi connectivity index (χ0n) is 7.43. The summed E-state index contributed by atoms with van der Waals surface area (Å²) in [6, 6.07) is 0. The minimum absolute atomic E-state index is 0. The molecule has 0 fully saturated rings. The predicted molar refractivity (Wildman–Crippen MR) is 30.5 cm³/mol. The third kappa shape index (κ3) is 3.45. The summed E-state index contributed by atoms with van der Waals surface area (Å²) >= 11 is 0. The van der Waals surface area contributed by atoms with Gasteiger partial charge in [0.05, 0.1) is 0 Å². The first-order valence-corrected chi connectivity index (χ1v) is 4.45. The summed E-state index contributed by atoms with van der Waals surface area (Å²) in [5.74, 6) is -12.5. The van der Waals surface area contributed by atoms with Crippen molar-refractivity contribution < 1.29 is 73.3 Å². The number of hydrogen-bond acceptors (Lipinski definition) is 3. The summed E-state index contributed by atoms with van der Waals surface area (Å²) in [5, 5.41) is 0. The van der Waals surface area contributed by atoms with E-state index in [9.17, 15) is 43.7 Å². The molecule has 1 unspecified atom stereocenters. The van der Waals surface area contributed by atoms with E-state index in [2.05, 4.69) is 0 Å². The Morgan fingerprint density at radius 3 is 1.44 bits per heavy atom. The van der Waals surface area contributed by atoms with Crippen LogP contribution in [0.5, 0.6) is 0 Å². The van der Waals surface area contributed by atoms with Crippen molar-refractivity contribution in [1.29, 1.82) is 0 Å². The van der Waals surface area contributed by atoms with Gasteiger partial charge in [-0.2, -0.15) is 17.6 Å². The predicted octanol–water partition coefficient (Wildman–Crippen LogP) is -1.63. The molecule has 0 spiro atoms. The molecule has 0 aromatic carbocycles. The smallest absolute Gasteiger partial charge is 0.746 e. The van der Waals surface area contributed by atoms with Crippen LogP contribution in [0.2, 0.25) is 0 Å². The van der Waals surface area contributed by atoms with E-state index in [0.717, 1.165) is 0 Å². The molecule has 0 saturated heterocycles. The van der Waals surface area contributed by atoms with Crippen molar-refractivity contribution in [3.05, 3.63) is 0 Å². The summed E-state index contributed by atoms with van der Waals surface area (Å²) in [6.45, 7) is 0. The van der Waals surface area contributed by atoms with Gasteiger partial charge in [0.1, 0.15) is 10.1 Å². The van der Waals surface area contributed by atoms with Crippen LogP contribution in [0.1, 0.15) is 0 Å². The largest absolute Gasteiger partial charge is 1.00 e. The molecular weight excluding hydrogens is 284 g/mol. The third-order valence-corrected chi connectivity index (χ3v) is 2.06. The zero-order valence-corrected chi connectivity index (χ0v) is 10.2. The fourth-order valence-corrected chi connectivity index (χ4v) is 0.998. The minimum Gasteiger partial charge on any atom is -0.746 e. The molecule has 0 aromatic heterocycles. The second-order valence-corrected chi connectivity index (χ2v) is 3.75. The van der Waals surface area contributed by atoms with E-state index in [1.165, 1.54) is 0 Å². The first-order valence-electron chi connectivity index (χ1n) is 2.97. The van der Waals surface area contributed by atoms with Crippen molar-refractivity contribution >= 4 is 10.1 Å². The van der Waals surface area contributed by atoms with Gasteiger partial charge in [0.25, 0.3) is 5.50 Å². The summed E-state index contributed by atoms with van der Waals surface area (Å²) < 4.78 is 112. The van der Waals surface area contributed by atoms with Crippen LogP contribution in [0.4, 0.5) is 30.7 Å². The maximum absolute atomic E-state index is 12.2. The molecule has 1 atom stereocenters. The van der Waals surface area contributed by atoms with E-state index in [-0.39, 0.29) is 29.6 Å². The molecular formula is C4H2F7NaO3S. The Morgan fingerprint density at radius 1 is 0.938 bits per heavy atom. The van der Waals surface area contributed by atoms with Crippen molar-refractivity contribution in [3.8, 4) is 0 Å². The Balaban J connectivity index is 0. The molecule has 0 saturated carbocycles. The van der Waals surface area contributed by atoms with Gasteiger partial charge in [-0.05, 0) is 0 Å². The maximum Gasteiger partial charge on any atom is 1.00 e. The number of halogens is 7. The quantitative estimate of drug-likeness (QED) is 0.354. The van der Waals surface area contributed by atoms with Crippen molar-refractivity contribution in [2.75, 3.05) is 0 Å². The van der Waals surface area contributed by atoms with Crippen LogP contribution in [0.25, 0.3) is 0 Å². The van der Waals surface area contributed by atoms with Gasteiger partial charge in [-0.3, -0.25) is 0 Å². The van der Waals surface area contributed by atoms with Gasteiger partial charge in [0, 0.05) is 0 Å². The SMILES string of the molecule is O=S(=O)([O-])C(F)C(F)(F)C(F)(F)C(F)F.[Na+].